The number of carbonyl (C=O) groups excluding carboxylic acids is 2. The van der Waals surface area contributed by atoms with Crippen molar-refractivity contribution in [1.82, 2.24) is 38.5 Å². The first kappa shape index (κ1) is 58.5. The molecule has 1 saturated heterocycles. The lowest BCUT2D eigenvalue weighted by Crippen LogP contribution is -2.41. The summed E-state index contributed by atoms with van der Waals surface area (Å²) in [6.07, 6.45) is 4.63. The van der Waals surface area contributed by atoms with E-state index in [1.165, 1.54) is 29.0 Å². The number of aromatic nitrogens is 6. The third-order valence-electron chi connectivity index (χ3n) is 12.4. The second-order valence-electron chi connectivity index (χ2n) is 21.5. The Kier molecular flexibility index (Phi) is 17.3. The number of hydrogen-bond donors (Lipinski definition) is 2. The summed E-state index contributed by atoms with van der Waals surface area (Å²) >= 11 is 5.93. The van der Waals surface area contributed by atoms with Gasteiger partial charge in [0, 0.05) is 36.4 Å². The maximum Gasteiger partial charge on any atom is 0.494 e. The summed E-state index contributed by atoms with van der Waals surface area (Å²) in [6, 6.07) is 32.0. The summed E-state index contributed by atoms with van der Waals surface area (Å²) in [7, 11) is -7.86. The average Bonchev–Trinajstić information content (AvgIpc) is 4.13. The molecule has 22 heteroatoms. The summed E-state index contributed by atoms with van der Waals surface area (Å²) in [5.41, 5.74) is 5.05. The lowest BCUT2D eigenvalue weighted by atomic mass is 9.79. The van der Waals surface area contributed by atoms with Crippen molar-refractivity contribution < 1.29 is 45.2 Å². The van der Waals surface area contributed by atoms with E-state index < -0.39 is 43.4 Å². The van der Waals surface area contributed by atoms with Crippen LogP contribution in [0.25, 0.3) is 33.3 Å². The molecular formula is C56H64BClN8O10S2. The second kappa shape index (κ2) is 23.0. The second-order valence-corrected chi connectivity index (χ2v) is 25.4. The van der Waals surface area contributed by atoms with Gasteiger partial charge in [-0.25, -0.2) is 54.3 Å². The molecule has 78 heavy (non-hydrogen) atoms. The highest BCUT2D eigenvalue weighted by atomic mass is 35.5. The molecule has 0 saturated carbocycles. The Labute approximate surface area is 461 Å². The Balaban J connectivity index is 0.000000177. The van der Waals surface area contributed by atoms with Crippen LogP contribution in [-0.4, -0.2) is 86.4 Å². The number of aryl methyl sites for hydroxylation is 2. The summed E-state index contributed by atoms with van der Waals surface area (Å²) in [5.74, 6) is 0. The Morgan fingerprint density at radius 3 is 1.41 bits per heavy atom. The number of fused-ring (bicyclic) bond motifs is 2. The largest absolute Gasteiger partial charge is 0.494 e. The van der Waals surface area contributed by atoms with Crippen LogP contribution in [0.1, 0.15) is 91.5 Å². The van der Waals surface area contributed by atoms with E-state index in [2.05, 4.69) is 30.6 Å². The van der Waals surface area contributed by atoms with Crippen molar-refractivity contribution in [1.29, 1.82) is 0 Å². The van der Waals surface area contributed by atoms with E-state index in [0.717, 1.165) is 37.3 Å². The van der Waals surface area contributed by atoms with Crippen molar-refractivity contribution in [3.8, 4) is 11.3 Å². The molecule has 9 rings (SSSR count). The van der Waals surface area contributed by atoms with Crippen molar-refractivity contribution in [2.45, 2.75) is 128 Å². The van der Waals surface area contributed by atoms with Crippen LogP contribution in [0, 0.1) is 13.8 Å². The third-order valence-corrected chi connectivity index (χ3v) is 16.1. The molecule has 4 aromatic heterocycles. The van der Waals surface area contributed by atoms with E-state index >= 15 is 0 Å². The highest BCUT2D eigenvalue weighted by molar-refractivity contribution is 7.90. The van der Waals surface area contributed by atoms with Crippen LogP contribution >= 0.6 is 11.6 Å². The van der Waals surface area contributed by atoms with Crippen LogP contribution in [0.4, 0.5) is 9.59 Å². The van der Waals surface area contributed by atoms with Crippen molar-refractivity contribution >= 4 is 78.5 Å². The number of amides is 2. The van der Waals surface area contributed by atoms with Gasteiger partial charge in [-0.1, -0.05) is 95.5 Å². The van der Waals surface area contributed by atoms with E-state index in [9.17, 15) is 26.4 Å². The normalized spacial score (nSPS) is 14.2. The van der Waals surface area contributed by atoms with Crippen molar-refractivity contribution in [2.24, 2.45) is 0 Å². The SMILES string of the molecule is CC(C)(C)OC(=O)NCc1ccc(B2OC(C)(C)C(C)(C)O2)cc1.Cc1ccc(S(=O)(=O)n2ccc3c(-c4ccc(CNC(=O)OC(C)(C)C)cc4)ncnc32)cc1.Cc1ccc(S(=O)(=O)n2ccc3c(Cl)ncnc32)cc1. The number of ether oxygens (including phenoxy) is 2. The predicted molar refractivity (Wildman–Crippen MR) is 301 cm³/mol. The maximum absolute atomic E-state index is 13.2. The topological polar surface area (TPSA) is 225 Å². The number of alkyl carbamates (subject to hydrolysis) is 2. The molecule has 1 aliphatic rings. The van der Waals surface area contributed by atoms with Gasteiger partial charge in [-0.15, -0.1) is 0 Å². The molecule has 0 atom stereocenters. The van der Waals surface area contributed by atoms with E-state index in [-0.39, 0.29) is 38.9 Å². The van der Waals surface area contributed by atoms with Crippen LogP contribution in [0.5, 0.6) is 0 Å². The number of benzene rings is 4. The quantitative estimate of drug-likeness (QED) is 0.0960. The lowest BCUT2D eigenvalue weighted by molar-refractivity contribution is 0.00578. The summed E-state index contributed by atoms with van der Waals surface area (Å²) in [4.78, 5) is 40.4. The minimum atomic E-state index is -3.80. The number of halogens is 1. The van der Waals surface area contributed by atoms with Gasteiger partial charge in [0.15, 0.2) is 11.3 Å². The molecule has 1 fully saturated rings. The van der Waals surface area contributed by atoms with Crippen molar-refractivity contribution in [3.05, 3.63) is 162 Å². The minimum absolute atomic E-state index is 0.192. The standard InChI is InChI=1S/C25H26N4O4S.C18H28BNO4.C13H10ClN3O2S/c1-17-5-11-20(12-6-17)34(31,32)29-14-13-21-22(27-16-28-23(21)29)19-9-7-18(8-10-19)15-26-24(30)33-25(2,3)4;1-16(2,3)22-15(21)20-12-13-8-10-14(11-9-13)19-23-17(4,5)18(6,7)24-19;1-9-2-4-10(5-3-9)20(18,19)17-7-6-11-12(14)15-8-16-13(11)17/h5-14,16H,15H2,1-4H3,(H,26,30);8-11H,12H2,1-7H3,(H,20,21);2-8H,1H3. The van der Waals surface area contributed by atoms with Gasteiger partial charge < -0.3 is 29.4 Å². The molecule has 4 aromatic carbocycles. The highest BCUT2D eigenvalue weighted by Crippen LogP contribution is 2.36. The van der Waals surface area contributed by atoms with Gasteiger partial charge in [0.2, 0.25) is 0 Å². The zero-order chi connectivity index (χ0) is 57.0. The predicted octanol–water partition coefficient (Wildman–Crippen LogP) is 10.3. The maximum atomic E-state index is 13.2. The molecule has 2 amide bonds. The Bertz CT molecular complexity index is 3640. The molecule has 18 nitrogen and oxygen atoms in total. The van der Waals surface area contributed by atoms with Crippen molar-refractivity contribution in [2.75, 3.05) is 0 Å². The lowest BCUT2D eigenvalue weighted by Gasteiger charge is -2.32. The Morgan fingerprint density at radius 1 is 0.577 bits per heavy atom. The summed E-state index contributed by atoms with van der Waals surface area (Å²) in [6.45, 7) is 23.6. The van der Waals surface area contributed by atoms with Crippen LogP contribution in [0.2, 0.25) is 5.15 Å². The van der Waals surface area contributed by atoms with Gasteiger partial charge in [-0.2, -0.15) is 0 Å². The summed E-state index contributed by atoms with van der Waals surface area (Å²) in [5, 5.41) is 6.83. The molecule has 5 heterocycles. The van der Waals surface area contributed by atoms with Crippen LogP contribution < -0.4 is 16.1 Å². The summed E-state index contributed by atoms with van der Waals surface area (Å²) < 4.78 is 76.4. The first-order valence-corrected chi connectivity index (χ1v) is 28.1. The fourth-order valence-electron chi connectivity index (χ4n) is 7.62. The van der Waals surface area contributed by atoms with Gasteiger partial charge in [0.05, 0.1) is 32.1 Å². The molecule has 0 radical (unpaired) electrons. The molecule has 0 bridgehead atoms. The zero-order valence-electron chi connectivity index (χ0n) is 45.7. The zero-order valence-corrected chi connectivity index (χ0v) is 48.0. The molecule has 1 aliphatic heterocycles. The molecule has 8 aromatic rings. The van der Waals surface area contributed by atoms with E-state index in [4.69, 9.17) is 30.4 Å². The van der Waals surface area contributed by atoms with Crippen LogP contribution in [-0.2, 0) is 51.9 Å². The number of nitrogens with one attached hydrogen (secondary N) is 2. The number of hydrogen-bond acceptors (Lipinski definition) is 14. The van der Waals surface area contributed by atoms with Gasteiger partial charge in [-0.3, -0.25) is 0 Å². The number of carbonyl (C=O) groups is 2. The van der Waals surface area contributed by atoms with E-state index in [1.54, 1.807) is 60.7 Å². The van der Waals surface area contributed by atoms with Crippen LogP contribution in [0.3, 0.4) is 0 Å². The molecular weight excluding hydrogens is 1060 g/mol. The van der Waals surface area contributed by atoms with Gasteiger partial charge in [0.25, 0.3) is 20.0 Å². The molecule has 410 valence electrons. The first-order valence-electron chi connectivity index (χ1n) is 24.9. The smallest absolute Gasteiger partial charge is 0.444 e. The van der Waals surface area contributed by atoms with Crippen molar-refractivity contribution in [3.63, 3.8) is 0 Å². The molecule has 0 aliphatic carbocycles. The van der Waals surface area contributed by atoms with E-state index in [1.807, 2.05) is 132 Å². The minimum Gasteiger partial charge on any atom is -0.444 e. The highest BCUT2D eigenvalue weighted by Gasteiger charge is 2.51. The fraction of sp³-hybridized carbons (Fsp3) is 0.321. The van der Waals surface area contributed by atoms with Gasteiger partial charge >= 0.3 is 19.3 Å². The monoisotopic (exact) mass is 1120 g/mol. The van der Waals surface area contributed by atoms with Gasteiger partial charge in [-0.05, 0) is 136 Å². The Morgan fingerprint density at radius 2 is 0.974 bits per heavy atom. The Hall–Kier alpha value is -7.17. The molecule has 0 spiro atoms. The number of nitrogens with zero attached hydrogens (tertiary/aromatic N) is 6. The van der Waals surface area contributed by atoms with E-state index in [0.29, 0.717) is 35.2 Å². The first-order chi connectivity index (χ1) is 36.4. The van der Waals surface area contributed by atoms with Gasteiger partial charge in [0.1, 0.15) is 29.0 Å². The number of rotatable bonds is 10. The third kappa shape index (κ3) is 14.1. The fourth-order valence-corrected chi connectivity index (χ4v) is 10.4. The molecule has 2 N–H and O–H groups in total. The average molecular weight is 1120 g/mol. The molecule has 0 unspecified atom stereocenters. The van der Waals surface area contributed by atoms with Crippen LogP contribution in [0.15, 0.2) is 144 Å².